The van der Waals surface area contributed by atoms with E-state index in [1.165, 1.54) is 128 Å². The number of carbonyl (C=O) groups excluding carboxylic acids is 2. The average molecular weight is 840 g/mol. The van der Waals surface area contributed by atoms with E-state index in [2.05, 4.69) is 38.2 Å². The molecule has 0 aromatic carbocycles. The largest absolute Gasteiger partial charge is 0.756 e. The zero-order valence-electron chi connectivity index (χ0n) is 38.2. The number of phosphoric ester groups is 1. The van der Waals surface area contributed by atoms with Crippen LogP contribution in [-0.2, 0) is 32.7 Å². The van der Waals surface area contributed by atoms with Crippen molar-refractivity contribution in [1.29, 1.82) is 0 Å². The number of allylic oxidation sites excluding steroid dienone is 6. The maximum Gasteiger partial charge on any atom is 0.306 e. The van der Waals surface area contributed by atoms with Gasteiger partial charge in [-0.25, -0.2) is 0 Å². The van der Waals surface area contributed by atoms with Crippen molar-refractivity contribution in [3.63, 3.8) is 0 Å². The maximum absolute atomic E-state index is 12.6. The molecule has 340 valence electrons. The molecule has 2 atom stereocenters. The molecule has 10 heteroatoms. The third kappa shape index (κ3) is 43.8. The quantitative estimate of drug-likeness (QED) is 0.0196. The molecule has 0 heterocycles. The number of esters is 2. The summed E-state index contributed by atoms with van der Waals surface area (Å²) < 4.78 is 33.8. The van der Waals surface area contributed by atoms with Crippen molar-refractivity contribution in [2.75, 3.05) is 47.5 Å². The number of carbonyl (C=O) groups is 2. The smallest absolute Gasteiger partial charge is 0.306 e. The van der Waals surface area contributed by atoms with Crippen LogP contribution in [0.3, 0.4) is 0 Å². The van der Waals surface area contributed by atoms with Gasteiger partial charge in [0.15, 0.2) is 6.10 Å². The first-order valence-corrected chi connectivity index (χ1v) is 25.2. The Hall–Kier alpha value is -1.77. The summed E-state index contributed by atoms with van der Waals surface area (Å²) in [5, 5.41) is 0. The van der Waals surface area contributed by atoms with Crippen molar-refractivity contribution < 1.29 is 42.1 Å². The van der Waals surface area contributed by atoms with Gasteiger partial charge in [-0.1, -0.05) is 172 Å². The van der Waals surface area contributed by atoms with Crippen molar-refractivity contribution in [3.8, 4) is 0 Å². The Balaban J connectivity index is 4.30. The van der Waals surface area contributed by atoms with Crippen LogP contribution < -0.4 is 4.89 Å². The molecule has 0 aliphatic rings. The van der Waals surface area contributed by atoms with Crippen LogP contribution in [0.15, 0.2) is 36.5 Å². The fourth-order valence-corrected chi connectivity index (χ4v) is 7.14. The highest BCUT2D eigenvalue weighted by Crippen LogP contribution is 2.38. The van der Waals surface area contributed by atoms with Gasteiger partial charge in [0.1, 0.15) is 19.8 Å². The predicted molar refractivity (Wildman–Crippen MR) is 241 cm³/mol. The number of ether oxygens (including phenoxy) is 2. The summed E-state index contributed by atoms with van der Waals surface area (Å²) in [4.78, 5) is 37.5. The van der Waals surface area contributed by atoms with Crippen LogP contribution in [-0.4, -0.2) is 70.0 Å². The molecule has 0 aromatic heterocycles. The summed E-state index contributed by atoms with van der Waals surface area (Å²) in [5.74, 6) is -0.914. The van der Waals surface area contributed by atoms with E-state index in [9.17, 15) is 19.0 Å². The number of nitrogens with zero attached hydrogens (tertiary/aromatic N) is 1. The predicted octanol–water partition coefficient (Wildman–Crippen LogP) is 13.1. The first kappa shape index (κ1) is 56.2. The van der Waals surface area contributed by atoms with Crippen LogP contribution in [0.5, 0.6) is 0 Å². The van der Waals surface area contributed by atoms with E-state index in [4.69, 9.17) is 18.5 Å². The molecule has 9 nitrogen and oxygen atoms in total. The van der Waals surface area contributed by atoms with Gasteiger partial charge in [0.05, 0.1) is 27.7 Å². The van der Waals surface area contributed by atoms with E-state index in [1.807, 2.05) is 33.3 Å². The van der Waals surface area contributed by atoms with Crippen LogP contribution in [0.25, 0.3) is 0 Å². The first-order valence-electron chi connectivity index (χ1n) is 23.7. The molecule has 0 saturated heterocycles. The fraction of sp³-hybridized carbons (Fsp3) is 0.833. The van der Waals surface area contributed by atoms with Crippen LogP contribution in [0.2, 0.25) is 0 Å². The van der Waals surface area contributed by atoms with Gasteiger partial charge in [0, 0.05) is 12.8 Å². The number of phosphoric acid groups is 1. The second kappa shape index (κ2) is 40.6. The van der Waals surface area contributed by atoms with Gasteiger partial charge in [0.2, 0.25) is 0 Å². The molecule has 58 heavy (non-hydrogen) atoms. The Labute approximate surface area is 357 Å². The summed E-state index contributed by atoms with van der Waals surface area (Å²) in [5.41, 5.74) is 0. The highest BCUT2D eigenvalue weighted by atomic mass is 31.2. The molecule has 0 fully saturated rings. The number of hydrogen-bond donors (Lipinski definition) is 0. The summed E-state index contributed by atoms with van der Waals surface area (Å²) in [6.45, 7) is 4.16. The van der Waals surface area contributed by atoms with Crippen molar-refractivity contribution in [2.45, 2.75) is 213 Å². The minimum atomic E-state index is -4.64. The van der Waals surface area contributed by atoms with Crippen molar-refractivity contribution in [3.05, 3.63) is 36.5 Å². The van der Waals surface area contributed by atoms with E-state index in [0.29, 0.717) is 17.4 Å². The Morgan fingerprint density at radius 2 is 0.966 bits per heavy atom. The first-order chi connectivity index (χ1) is 28.0. The second-order valence-electron chi connectivity index (χ2n) is 17.1. The maximum atomic E-state index is 12.6. The van der Waals surface area contributed by atoms with E-state index < -0.39 is 32.5 Å². The molecular formula is C48H90NO8P. The van der Waals surface area contributed by atoms with E-state index in [1.54, 1.807) is 0 Å². The molecule has 0 aliphatic carbocycles. The molecule has 0 bridgehead atoms. The van der Waals surface area contributed by atoms with E-state index in [0.717, 1.165) is 44.9 Å². The number of hydrogen-bond acceptors (Lipinski definition) is 8. The van der Waals surface area contributed by atoms with Crippen molar-refractivity contribution in [2.24, 2.45) is 0 Å². The van der Waals surface area contributed by atoms with Crippen LogP contribution in [0.4, 0.5) is 0 Å². The molecule has 0 aromatic rings. The summed E-state index contributed by atoms with van der Waals surface area (Å²) in [6.07, 6.45) is 46.2. The Morgan fingerprint density at radius 3 is 1.45 bits per heavy atom. The lowest BCUT2D eigenvalue weighted by molar-refractivity contribution is -0.870. The lowest BCUT2D eigenvalue weighted by Gasteiger charge is -2.28. The molecule has 2 unspecified atom stereocenters. The summed E-state index contributed by atoms with van der Waals surface area (Å²) in [6, 6.07) is 0. The monoisotopic (exact) mass is 840 g/mol. The van der Waals surface area contributed by atoms with Crippen LogP contribution in [0, 0.1) is 0 Å². The topological polar surface area (TPSA) is 111 Å². The Kier molecular flexibility index (Phi) is 39.4. The van der Waals surface area contributed by atoms with E-state index in [-0.39, 0.29) is 26.1 Å². The third-order valence-electron chi connectivity index (χ3n) is 10.1. The molecule has 0 spiro atoms. The minimum Gasteiger partial charge on any atom is -0.756 e. The molecule has 0 amide bonds. The lowest BCUT2D eigenvalue weighted by Crippen LogP contribution is -2.37. The number of unbranched alkanes of at least 4 members (excludes halogenated alkanes) is 23. The average Bonchev–Trinajstić information content (AvgIpc) is 3.17. The zero-order chi connectivity index (χ0) is 42.8. The molecule has 0 rings (SSSR count). The van der Waals surface area contributed by atoms with Crippen molar-refractivity contribution >= 4 is 19.8 Å². The second-order valence-corrected chi connectivity index (χ2v) is 18.5. The summed E-state index contributed by atoms with van der Waals surface area (Å²) >= 11 is 0. The fourth-order valence-electron chi connectivity index (χ4n) is 6.41. The molecular weight excluding hydrogens is 750 g/mol. The Morgan fingerprint density at radius 1 is 0.534 bits per heavy atom. The van der Waals surface area contributed by atoms with Crippen LogP contribution in [0.1, 0.15) is 206 Å². The SMILES string of the molecule is CCCCCCCC/C=C/C/C=C/CCC(=O)OC(COC(=O)CCCCCCCCC/C=C/CCCCCCCCCCCC)COP(=O)([O-])OCC[N+](C)(C)C. The zero-order valence-corrected chi connectivity index (χ0v) is 39.1. The van der Waals surface area contributed by atoms with Gasteiger partial charge < -0.3 is 27.9 Å². The van der Waals surface area contributed by atoms with Crippen LogP contribution >= 0.6 is 7.82 Å². The number of quaternary nitrogens is 1. The third-order valence-corrected chi connectivity index (χ3v) is 11.1. The molecule has 0 radical (unpaired) electrons. The van der Waals surface area contributed by atoms with Gasteiger partial charge in [-0.15, -0.1) is 0 Å². The molecule has 0 aliphatic heterocycles. The normalized spacial score (nSPS) is 13.8. The summed E-state index contributed by atoms with van der Waals surface area (Å²) in [7, 11) is 1.13. The minimum absolute atomic E-state index is 0.0405. The molecule has 0 N–H and O–H groups in total. The van der Waals surface area contributed by atoms with Gasteiger partial charge in [0.25, 0.3) is 7.82 Å². The van der Waals surface area contributed by atoms with Gasteiger partial charge >= 0.3 is 11.9 Å². The van der Waals surface area contributed by atoms with Gasteiger partial charge in [-0.2, -0.15) is 0 Å². The highest BCUT2D eigenvalue weighted by Gasteiger charge is 2.21. The lowest BCUT2D eigenvalue weighted by atomic mass is 10.1. The number of likely N-dealkylation sites (N-methyl/N-ethyl adjacent to an activating group) is 1. The molecule has 0 saturated carbocycles. The van der Waals surface area contributed by atoms with Crippen molar-refractivity contribution in [1.82, 2.24) is 0 Å². The van der Waals surface area contributed by atoms with E-state index >= 15 is 0 Å². The number of rotatable bonds is 43. The Bertz CT molecular complexity index is 1090. The van der Waals surface area contributed by atoms with Gasteiger partial charge in [-0.3, -0.25) is 14.2 Å². The highest BCUT2D eigenvalue weighted by molar-refractivity contribution is 7.45. The standard InChI is InChI=1S/C48H90NO8P/c1-6-8-10-12-14-16-18-20-21-22-23-24-25-26-27-29-30-32-34-36-38-40-47(50)54-44-46(45-56-58(52,53)55-43-42-49(3,4)5)57-48(51)41-39-37-35-33-31-28-19-17-15-13-11-9-7-2/h24-25,28,31,35,37,46H,6-23,26-27,29-30,32-34,36,38-45H2,1-5H3/b25-24+,31-28+,37-35+. The van der Waals surface area contributed by atoms with Gasteiger partial charge in [-0.05, 0) is 57.8 Å².